The fourth-order valence-corrected chi connectivity index (χ4v) is 3.48. The van der Waals surface area contributed by atoms with E-state index in [1.54, 1.807) is 6.92 Å². The van der Waals surface area contributed by atoms with Gasteiger partial charge in [-0.25, -0.2) is 0 Å². The normalized spacial score (nSPS) is 38.2. The van der Waals surface area contributed by atoms with E-state index in [0.717, 1.165) is 38.6 Å². The Morgan fingerprint density at radius 2 is 2.00 bits per heavy atom. The zero-order chi connectivity index (χ0) is 14.8. The van der Waals surface area contributed by atoms with Gasteiger partial charge >= 0.3 is 5.97 Å². The number of carbonyl (C=O) groups is 2. The zero-order valence-electron chi connectivity index (χ0n) is 12.4. The molecule has 4 atom stereocenters. The van der Waals surface area contributed by atoms with Crippen molar-refractivity contribution in [1.29, 1.82) is 0 Å². The van der Waals surface area contributed by atoms with Crippen molar-refractivity contribution < 1.29 is 14.7 Å². The minimum absolute atomic E-state index is 0.0309. The summed E-state index contributed by atoms with van der Waals surface area (Å²) in [7, 11) is 0. The number of amides is 1. The monoisotopic (exact) mass is 282 g/mol. The van der Waals surface area contributed by atoms with Crippen molar-refractivity contribution in [1.82, 2.24) is 10.6 Å². The molecule has 4 unspecified atom stereocenters. The molecule has 1 heterocycles. The molecule has 2 fully saturated rings. The summed E-state index contributed by atoms with van der Waals surface area (Å²) in [6, 6.07) is -0.430. The number of nitrogens with one attached hydrogen (secondary N) is 2. The molecule has 1 saturated heterocycles. The molecule has 0 aromatic carbocycles. The second-order valence-corrected chi connectivity index (χ2v) is 6.58. The summed E-state index contributed by atoms with van der Waals surface area (Å²) in [5.41, 5.74) is -0.828. The maximum atomic E-state index is 12.4. The largest absolute Gasteiger partial charge is 0.481 e. The van der Waals surface area contributed by atoms with Gasteiger partial charge in [0.25, 0.3) is 0 Å². The van der Waals surface area contributed by atoms with Crippen molar-refractivity contribution >= 4 is 11.9 Å². The number of carboxylic acids is 1. The van der Waals surface area contributed by atoms with Crippen molar-refractivity contribution in [3.63, 3.8) is 0 Å². The number of rotatable bonds is 3. The number of hydrogen-bond donors (Lipinski definition) is 3. The molecule has 2 aliphatic rings. The van der Waals surface area contributed by atoms with E-state index in [9.17, 15) is 14.7 Å². The highest BCUT2D eigenvalue weighted by atomic mass is 16.4. The molecular formula is C15H26N2O3. The fraction of sp³-hybridized carbons (Fsp3) is 0.867. The average Bonchev–Trinajstić information content (AvgIpc) is 2.41. The summed E-state index contributed by atoms with van der Waals surface area (Å²) in [4.78, 5) is 24.0. The summed E-state index contributed by atoms with van der Waals surface area (Å²) in [6.45, 7) is 4.70. The number of piperidine rings is 1. The third kappa shape index (κ3) is 2.97. The number of aliphatic carboxylic acids is 1. The lowest BCUT2D eigenvalue weighted by atomic mass is 9.71. The van der Waals surface area contributed by atoms with Crippen molar-refractivity contribution in [3.8, 4) is 0 Å². The van der Waals surface area contributed by atoms with Crippen LogP contribution >= 0.6 is 0 Å². The second-order valence-electron chi connectivity index (χ2n) is 6.58. The van der Waals surface area contributed by atoms with Gasteiger partial charge in [-0.05, 0) is 45.1 Å². The van der Waals surface area contributed by atoms with E-state index in [1.807, 2.05) is 0 Å². The first-order chi connectivity index (χ1) is 9.45. The Kier molecular flexibility index (Phi) is 4.68. The van der Waals surface area contributed by atoms with Gasteiger partial charge in [0, 0.05) is 6.04 Å². The van der Waals surface area contributed by atoms with Crippen LogP contribution in [0, 0.1) is 11.3 Å². The van der Waals surface area contributed by atoms with Gasteiger partial charge in [0.2, 0.25) is 5.91 Å². The van der Waals surface area contributed by atoms with E-state index in [1.165, 1.54) is 0 Å². The molecular weight excluding hydrogens is 256 g/mol. The molecule has 1 amide bonds. The summed E-state index contributed by atoms with van der Waals surface area (Å²) in [6.07, 6.45) is 5.46. The smallest absolute Gasteiger partial charge is 0.311 e. The molecule has 114 valence electrons. The Bertz CT molecular complexity index is 385. The molecule has 3 N–H and O–H groups in total. The van der Waals surface area contributed by atoms with Crippen molar-refractivity contribution in [3.05, 3.63) is 0 Å². The maximum absolute atomic E-state index is 12.4. The van der Waals surface area contributed by atoms with Crippen LogP contribution in [0.3, 0.4) is 0 Å². The third-order valence-electron chi connectivity index (χ3n) is 5.07. The SMILES string of the molecule is CC1CCCNC1C(=O)NC1CCCCC1(C)C(=O)O. The highest BCUT2D eigenvalue weighted by Gasteiger charge is 2.44. The van der Waals surface area contributed by atoms with E-state index in [-0.39, 0.29) is 18.0 Å². The first-order valence-corrected chi connectivity index (χ1v) is 7.72. The van der Waals surface area contributed by atoms with Crippen LogP contribution in [-0.4, -0.2) is 35.6 Å². The Hall–Kier alpha value is -1.10. The van der Waals surface area contributed by atoms with E-state index < -0.39 is 11.4 Å². The van der Waals surface area contributed by atoms with Crippen molar-refractivity contribution in [2.45, 2.75) is 64.5 Å². The van der Waals surface area contributed by atoms with Crippen LogP contribution < -0.4 is 10.6 Å². The minimum Gasteiger partial charge on any atom is -0.481 e. The van der Waals surface area contributed by atoms with E-state index >= 15 is 0 Å². The molecule has 0 aromatic heterocycles. The Labute approximate surface area is 120 Å². The first-order valence-electron chi connectivity index (χ1n) is 7.72. The number of carboxylic acid groups (broad SMARTS) is 1. The minimum atomic E-state index is -0.828. The summed E-state index contributed by atoms with van der Waals surface area (Å²) < 4.78 is 0. The van der Waals surface area contributed by atoms with E-state index in [4.69, 9.17) is 0 Å². The first kappa shape index (κ1) is 15.3. The lowest BCUT2D eigenvalue weighted by Crippen LogP contribution is -2.58. The highest BCUT2D eigenvalue weighted by molar-refractivity contribution is 5.84. The van der Waals surface area contributed by atoms with E-state index in [2.05, 4.69) is 17.6 Å². The van der Waals surface area contributed by atoms with Gasteiger partial charge in [-0.15, -0.1) is 0 Å². The van der Waals surface area contributed by atoms with Gasteiger partial charge in [0.15, 0.2) is 0 Å². The molecule has 2 rings (SSSR count). The van der Waals surface area contributed by atoms with Gasteiger partial charge < -0.3 is 15.7 Å². The average molecular weight is 282 g/mol. The van der Waals surface area contributed by atoms with Crippen LogP contribution in [0.15, 0.2) is 0 Å². The van der Waals surface area contributed by atoms with Gasteiger partial charge in [-0.1, -0.05) is 19.8 Å². The summed E-state index contributed by atoms with van der Waals surface area (Å²) >= 11 is 0. The van der Waals surface area contributed by atoms with Gasteiger partial charge in [-0.3, -0.25) is 9.59 Å². The molecule has 1 saturated carbocycles. The topological polar surface area (TPSA) is 78.4 Å². The molecule has 0 spiro atoms. The van der Waals surface area contributed by atoms with E-state index in [0.29, 0.717) is 12.3 Å². The second kappa shape index (κ2) is 6.12. The maximum Gasteiger partial charge on any atom is 0.311 e. The predicted molar refractivity (Wildman–Crippen MR) is 76.3 cm³/mol. The predicted octanol–water partition coefficient (Wildman–Crippen LogP) is 1.52. The summed E-state index contributed by atoms with van der Waals surface area (Å²) in [5.74, 6) is -0.521. The third-order valence-corrected chi connectivity index (χ3v) is 5.07. The quantitative estimate of drug-likeness (QED) is 0.733. The zero-order valence-corrected chi connectivity index (χ0v) is 12.4. The molecule has 0 bridgehead atoms. The molecule has 1 aliphatic carbocycles. The van der Waals surface area contributed by atoms with Crippen LogP contribution in [0.4, 0.5) is 0 Å². The van der Waals surface area contributed by atoms with Gasteiger partial charge in [-0.2, -0.15) is 0 Å². The van der Waals surface area contributed by atoms with Crippen LogP contribution in [-0.2, 0) is 9.59 Å². The van der Waals surface area contributed by atoms with Gasteiger partial charge in [0.1, 0.15) is 0 Å². The lowest BCUT2D eigenvalue weighted by molar-refractivity contribution is -0.152. The lowest BCUT2D eigenvalue weighted by Gasteiger charge is -2.40. The number of carbonyl (C=O) groups excluding carboxylic acids is 1. The van der Waals surface area contributed by atoms with Crippen LogP contribution in [0.1, 0.15) is 52.4 Å². The van der Waals surface area contributed by atoms with Crippen molar-refractivity contribution in [2.75, 3.05) is 6.54 Å². The molecule has 0 aromatic rings. The molecule has 0 radical (unpaired) electrons. The molecule has 1 aliphatic heterocycles. The fourth-order valence-electron chi connectivity index (χ4n) is 3.48. The van der Waals surface area contributed by atoms with Crippen LogP contribution in [0.2, 0.25) is 0 Å². The van der Waals surface area contributed by atoms with Crippen molar-refractivity contribution in [2.24, 2.45) is 11.3 Å². The molecule has 20 heavy (non-hydrogen) atoms. The molecule has 5 heteroatoms. The Morgan fingerprint density at radius 3 is 2.65 bits per heavy atom. The Balaban J connectivity index is 2.03. The standard InChI is InChI=1S/C15H26N2O3/c1-10-6-5-9-16-12(10)13(18)17-11-7-3-4-8-15(11,2)14(19)20/h10-12,16H,3-9H2,1-2H3,(H,17,18)(H,19,20). The summed E-state index contributed by atoms with van der Waals surface area (Å²) in [5, 5.41) is 15.7. The highest BCUT2D eigenvalue weighted by Crippen LogP contribution is 2.36. The molecule has 5 nitrogen and oxygen atoms in total. The Morgan fingerprint density at radius 1 is 1.25 bits per heavy atom. The number of hydrogen-bond acceptors (Lipinski definition) is 3. The van der Waals surface area contributed by atoms with Gasteiger partial charge in [0.05, 0.1) is 11.5 Å². The van der Waals surface area contributed by atoms with Crippen LogP contribution in [0.25, 0.3) is 0 Å². The van der Waals surface area contributed by atoms with Crippen LogP contribution in [0.5, 0.6) is 0 Å².